The smallest absolute Gasteiger partial charge is 0.242 e. The highest BCUT2D eigenvalue weighted by atomic mass is 35.5. The normalized spacial score (nSPS) is 10.2. The maximum atomic E-state index is 12.0. The average molecular weight is 274 g/mol. The molecule has 0 aliphatic carbocycles. The minimum Gasteiger partial charge on any atom is -0.307 e. The van der Waals surface area contributed by atoms with Crippen molar-refractivity contribution >= 4 is 23.2 Å². The number of aryl methyl sites for hydroxylation is 1. The van der Waals surface area contributed by atoms with E-state index >= 15 is 0 Å². The zero-order valence-corrected chi connectivity index (χ0v) is 11.6. The van der Waals surface area contributed by atoms with Crippen LogP contribution in [0, 0.1) is 6.92 Å². The maximum Gasteiger partial charge on any atom is 0.242 e. The Bertz CT molecular complexity index is 554. The predicted octanol–water partition coefficient (Wildman–Crippen LogP) is 3.77. The van der Waals surface area contributed by atoms with Crippen LogP contribution in [0.2, 0.25) is 0 Å². The molecule has 2 rings (SSSR count). The summed E-state index contributed by atoms with van der Waals surface area (Å²) in [6, 6.07) is 17.7. The molecule has 19 heavy (non-hydrogen) atoms. The minimum atomic E-state index is -0.0885. The van der Waals surface area contributed by atoms with Gasteiger partial charge in [-0.2, -0.15) is 0 Å². The van der Waals surface area contributed by atoms with Crippen LogP contribution in [0.5, 0.6) is 0 Å². The second-order valence-corrected chi connectivity index (χ2v) is 4.71. The van der Waals surface area contributed by atoms with Crippen molar-refractivity contribution in [2.45, 2.75) is 13.5 Å². The molecule has 0 fully saturated rings. The molecule has 0 N–H and O–H groups in total. The highest BCUT2D eigenvalue weighted by Gasteiger charge is 2.14. The molecule has 0 saturated heterocycles. The molecular formula is C16H16ClNO. The van der Waals surface area contributed by atoms with E-state index in [2.05, 4.69) is 6.07 Å². The summed E-state index contributed by atoms with van der Waals surface area (Å²) < 4.78 is 0. The lowest BCUT2D eigenvalue weighted by atomic mass is 10.1. The summed E-state index contributed by atoms with van der Waals surface area (Å²) in [5, 5.41) is 0. The standard InChI is InChI=1S/C16H16ClNO/c1-13-6-5-7-14(10-13)12-18(16(19)11-17)15-8-3-2-4-9-15/h2-10H,11-12H2,1H3. The third kappa shape index (κ3) is 3.58. The summed E-state index contributed by atoms with van der Waals surface area (Å²) in [5.41, 5.74) is 3.15. The fraction of sp³-hybridized carbons (Fsp3) is 0.188. The van der Waals surface area contributed by atoms with Gasteiger partial charge in [0.05, 0.1) is 6.54 Å². The van der Waals surface area contributed by atoms with E-state index in [0.717, 1.165) is 11.3 Å². The van der Waals surface area contributed by atoms with Crippen molar-refractivity contribution in [3.8, 4) is 0 Å². The molecule has 2 nitrogen and oxygen atoms in total. The lowest BCUT2D eigenvalue weighted by molar-refractivity contribution is -0.116. The molecule has 0 bridgehead atoms. The van der Waals surface area contributed by atoms with Crippen molar-refractivity contribution in [3.05, 3.63) is 65.7 Å². The number of nitrogens with zero attached hydrogens (tertiary/aromatic N) is 1. The highest BCUT2D eigenvalue weighted by molar-refractivity contribution is 6.29. The molecule has 0 radical (unpaired) electrons. The van der Waals surface area contributed by atoms with Gasteiger partial charge in [0.15, 0.2) is 0 Å². The molecule has 3 heteroatoms. The number of anilines is 1. The van der Waals surface area contributed by atoms with Crippen LogP contribution in [0.3, 0.4) is 0 Å². The number of hydrogen-bond acceptors (Lipinski definition) is 1. The zero-order chi connectivity index (χ0) is 13.7. The van der Waals surface area contributed by atoms with E-state index in [1.165, 1.54) is 5.56 Å². The Balaban J connectivity index is 2.27. The number of amides is 1. The third-order valence-corrected chi connectivity index (χ3v) is 3.14. The Hall–Kier alpha value is -1.80. The van der Waals surface area contributed by atoms with Gasteiger partial charge in [-0.05, 0) is 24.6 Å². The summed E-state index contributed by atoms with van der Waals surface area (Å²) in [6.07, 6.45) is 0. The predicted molar refractivity (Wildman–Crippen MR) is 79.5 cm³/mol. The number of hydrogen-bond donors (Lipinski definition) is 0. The Labute approximate surface area is 118 Å². The highest BCUT2D eigenvalue weighted by Crippen LogP contribution is 2.18. The van der Waals surface area contributed by atoms with Gasteiger partial charge >= 0.3 is 0 Å². The van der Waals surface area contributed by atoms with Crippen LogP contribution in [0.4, 0.5) is 5.69 Å². The van der Waals surface area contributed by atoms with Crippen LogP contribution in [0.25, 0.3) is 0 Å². The van der Waals surface area contributed by atoms with Gasteiger partial charge in [-0.25, -0.2) is 0 Å². The second-order valence-electron chi connectivity index (χ2n) is 4.44. The van der Waals surface area contributed by atoms with E-state index in [-0.39, 0.29) is 11.8 Å². The Morgan fingerprint density at radius 2 is 1.84 bits per heavy atom. The summed E-state index contributed by atoms with van der Waals surface area (Å²) in [4.78, 5) is 13.7. The van der Waals surface area contributed by atoms with Gasteiger partial charge in [0.25, 0.3) is 0 Å². The van der Waals surface area contributed by atoms with E-state index in [0.29, 0.717) is 6.54 Å². The van der Waals surface area contributed by atoms with Gasteiger partial charge < -0.3 is 4.90 Å². The minimum absolute atomic E-state index is 0.0132. The topological polar surface area (TPSA) is 20.3 Å². The number of rotatable bonds is 4. The van der Waals surface area contributed by atoms with Gasteiger partial charge in [0.2, 0.25) is 5.91 Å². The first-order valence-electron chi connectivity index (χ1n) is 6.17. The van der Waals surface area contributed by atoms with Crippen molar-refractivity contribution in [3.63, 3.8) is 0 Å². The molecule has 0 aliphatic rings. The van der Waals surface area contributed by atoms with Crippen LogP contribution < -0.4 is 4.90 Å². The Morgan fingerprint density at radius 3 is 2.47 bits per heavy atom. The summed E-state index contributed by atoms with van der Waals surface area (Å²) in [7, 11) is 0. The van der Waals surface area contributed by atoms with Crippen molar-refractivity contribution in [2.75, 3.05) is 10.8 Å². The molecule has 0 spiro atoms. The summed E-state index contributed by atoms with van der Waals surface area (Å²) in [6.45, 7) is 2.58. The lowest BCUT2D eigenvalue weighted by Gasteiger charge is -2.22. The summed E-state index contributed by atoms with van der Waals surface area (Å²) >= 11 is 5.70. The molecule has 0 unspecified atom stereocenters. The molecule has 2 aromatic rings. The quantitative estimate of drug-likeness (QED) is 0.777. The molecular weight excluding hydrogens is 258 g/mol. The molecule has 0 heterocycles. The van der Waals surface area contributed by atoms with Crippen molar-refractivity contribution in [2.24, 2.45) is 0 Å². The third-order valence-electron chi connectivity index (χ3n) is 2.91. The molecule has 0 aromatic heterocycles. The second kappa shape index (κ2) is 6.39. The first kappa shape index (κ1) is 13.6. The molecule has 1 amide bonds. The van der Waals surface area contributed by atoms with E-state index in [1.807, 2.05) is 55.5 Å². The van der Waals surface area contributed by atoms with Gasteiger partial charge in [-0.1, -0.05) is 48.0 Å². The van der Waals surface area contributed by atoms with Gasteiger partial charge in [-0.15, -0.1) is 11.6 Å². The van der Waals surface area contributed by atoms with Crippen molar-refractivity contribution < 1.29 is 4.79 Å². The molecule has 0 atom stereocenters. The van der Waals surface area contributed by atoms with Crippen LogP contribution in [-0.4, -0.2) is 11.8 Å². The van der Waals surface area contributed by atoms with E-state index in [9.17, 15) is 4.79 Å². The largest absolute Gasteiger partial charge is 0.307 e. The Morgan fingerprint density at radius 1 is 1.11 bits per heavy atom. The molecule has 2 aromatic carbocycles. The van der Waals surface area contributed by atoms with Crippen LogP contribution in [0.15, 0.2) is 54.6 Å². The van der Waals surface area contributed by atoms with Crippen LogP contribution >= 0.6 is 11.6 Å². The monoisotopic (exact) mass is 273 g/mol. The number of benzene rings is 2. The lowest BCUT2D eigenvalue weighted by Crippen LogP contribution is -2.31. The van der Waals surface area contributed by atoms with Crippen LogP contribution in [-0.2, 0) is 11.3 Å². The van der Waals surface area contributed by atoms with Gasteiger partial charge in [0.1, 0.15) is 5.88 Å². The molecule has 98 valence electrons. The number of halogens is 1. The Kier molecular flexibility index (Phi) is 4.58. The zero-order valence-electron chi connectivity index (χ0n) is 10.8. The summed E-state index contributed by atoms with van der Waals surface area (Å²) in [5.74, 6) is -0.102. The molecule has 0 aliphatic heterocycles. The van der Waals surface area contributed by atoms with Crippen LogP contribution in [0.1, 0.15) is 11.1 Å². The number of para-hydroxylation sites is 1. The fourth-order valence-electron chi connectivity index (χ4n) is 2.00. The van der Waals surface area contributed by atoms with Crippen molar-refractivity contribution in [1.82, 2.24) is 0 Å². The first-order chi connectivity index (χ1) is 9.20. The van der Waals surface area contributed by atoms with Crippen molar-refractivity contribution in [1.29, 1.82) is 0 Å². The maximum absolute atomic E-state index is 12.0. The SMILES string of the molecule is Cc1cccc(CN(C(=O)CCl)c2ccccc2)c1. The van der Waals surface area contributed by atoms with E-state index in [4.69, 9.17) is 11.6 Å². The first-order valence-corrected chi connectivity index (χ1v) is 6.71. The number of alkyl halides is 1. The van der Waals surface area contributed by atoms with E-state index < -0.39 is 0 Å². The number of carbonyl (C=O) groups is 1. The fourth-order valence-corrected chi connectivity index (χ4v) is 2.14. The average Bonchev–Trinajstić information content (AvgIpc) is 2.45. The number of carbonyl (C=O) groups excluding carboxylic acids is 1. The van der Waals surface area contributed by atoms with Gasteiger partial charge in [-0.3, -0.25) is 4.79 Å². The van der Waals surface area contributed by atoms with Gasteiger partial charge in [0, 0.05) is 5.69 Å². The van der Waals surface area contributed by atoms with E-state index in [1.54, 1.807) is 4.90 Å². The molecule has 0 saturated carbocycles.